The van der Waals surface area contributed by atoms with Gasteiger partial charge < -0.3 is 19.5 Å². The molecule has 3 rings (SSSR count). The second-order valence-corrected chi connectivity index (χ2v) is 6.32. The summed E-state index contributed by atoms with van der Waals surface area (Å²) < 4.78 is 29.7. The van der Waals surface area contributed by atoms with Crippen molar-refractivity contribution in [2.45, 2.75) is 19.4 Å². The van der Waals surface area contributed by atoms with Gasteiger partial charge in [-0.3, -0.25) is 4.79 Å². The van der Waals surface area contributed by atoms with Crippen LogP contribution in [0.25, 0.3) is 0 Å². The lowest BCUT2D eigenvalue weighted by atomic mass is 10.1. The summed E-state index contributed by atoms with van der Waals surface area (Å²) >= 11 is 5.69. The number of carbonyl (C=O) groups excluding carboxylic acids is 1. The Hall–Kier alpha value is -2.47. The molecule has 0 aliphatic carbocycles. The Morgan fingerprint density at radius 1 is 1.23 bits per heavy atom. The van der Waals surface area contributed by atoms with Crippen molar-refractivity contribution in [1.82, 2.24) is 5.32 Å². The summed E-state index contributed by atoms with van der Waals surface area (Å²) in [6.45, 7) is 2.90. The molecule has 7 heteroatoms. The highest BCUT2D eigenvalue weighted by atomic mass is 35.5. The van der Waals surface area contributed by atoms with Crippen LogP contribution in [0.4, 0.5) is 4.39 Å². The number of hydrogen-bond donors (Lipinski definition) is 1. The number of rotatable bonds is 5. The molecule has 26 heavy (non-hydrogen) atoms. The second-order valence-electron chi connectivity index (χ2n) is 5.91. The highest BCUT2D eigenvalue weighted by Crippen LogP contribution is 2.32. The number of nitrogens with one attached hydrogen (secondary N) is 1. The van der Waals surface area contributed by atoms with E-state index in [2.05, 4.69) is 5.32 Å². The maximum atomic E-state index is 13.1. The molecule has 1 atom stereocenters. The summed E-state index contributed by atoms with van der Waals surface area (Å²) in [5, 5.41) is 2.80. The lowest BCUT2D eigenvalue weighted by Crippen LogP contribution is -2.31. The molecule has 5 nitrogen and oxygen atoms in total. The van der Waals surface area contributed by atoms with Gasteiger partial charge in [0.15, 0.2) is 18.1 Å². The van der Waals surface area contributed by atoms with Gasteiger partial charge in [0.2, 0.25) is 0 Å². The third-order valence-corrected chi connectivity index (χ3v) is 4.20. The van der Waals surface area contributed by atoms with E-state index in [0.717, 1.165) is 12.0 Å². The van der Waals surface area contributed by atoms with Gasteiger partial charge in [0.1, 0.15) is 11.6 Å². The largest absolute Gasteiger partial charge is 0.490 e. The topological polar surface area (TPSA) is 56.8 Å². The van der Waals surface area contributed by atoms with Crippen molar-refractivity contribution >= 4 is 17.5 Å². The molecule has 0 saturated heterocycles. The van der Waals surface area contributed by atoms with E-state index in [1.165, 1.54) is 18.2 Å². The van der Waals surface area contributed by atoms with Gasteiger partial charge >= 0.3 is 0 Å². The lowest BCUT2D eigenvalue weighted by Gasteiger charge is -2.17. The number of hydrogen-bond acceptors (Lipinski definition) is 4. The van der Waals surface area contributed by atoms with Gasteiger partial charge in [0, 0.05) is 12.5 Å². The molecule has 138 valence electrons. The molecule has 2 aromatic rings. The van der Waals surface area contributed by atoms with Crippen LogP contribution in [-0.4, -0.2) is 25.7 Å². The third kappa shape index (κ3) is 4.58. The van der Waals surface area contributed by atoms with Gasteiger partial charge in [0.25, 0.3) is 5.91 Å². The maximum Gasteiger partial charge on any atom is 0.258 e. The van der Waals surface area contributed by atoms with Gasteiger partial charge in [-0.2, -0.15) is 0 Å². The highest BCUT2D eigenvalue weighted by Gasteiger charge is 2.15. The van der Waals surface area contributed by atoms with Crippen LogP contribution in [0.1, 0.15) is 24.9 Å². The smallest absolute Gasteiger partial charge is 0.258 e. The van der Waals surface area contributed by atoms with Crippen molar-refractivity contribution in [3.63, 3.8) is 0 Å². The summed E-state index contributed by atoms with van der Waals surface area (Å²) in [5.74, 6) is 0.881. The van der Waals surface area contributed by atoms with E-state index in [0.29, 0.717) is 30.5 Å². The lowest BCUT2D eigenvalue weighted by molar-refractivity contribution is -0.123. The van der Waals surface area contributed by atoms with Gasteiger partial charge in [-0.15, -0.1) is 0 Å². The van der Waals surface area contributed by atoms with Gasteiger partial charge in [-0.25, -0.2) is 4.39 Å². The highest BCUT2D eigenvalue weighted by molar-refractivity contribution is 6.30. The van der Waals surface area contributed by atoms with Crippen molar-refractivity contribution in [2.24, 2.45) is 0 Å². The average molecular weight is 380 g/mol. The van der Waals surface area contributed by atoms with E-state index in [9.17, 15) is 9.18 Å². The van der Waals surface area contributed by atoms with E-state index in [4.69, 9.17) is 25.8 Å². The fraction of sp³-hybridized carbons (Fsp3) is 0.316. The number of halogens is 2. The molecule has 0 unspecified atom stereocenters. The van der Waals surface area contributed by atoms with Crippen LogP contribution in [0.3, 0.4) is 0 Å². The van der Waals surface area contributed by atoms with E-state index in [1.54, 1.807) is 0 Å². The van der Waals surface area contributed by atoms with Crippen LogP contribution < -0.4 is 19.5 Å². The molecule has 0 spiro atoms. The second kappa shape index (κ2) is 8.27. The van der Waals surface area contributed by atoms with Crippen LogP contribution >= 0.6 is 11.6 Å². The predicted molar refractivity (Wildman–Crippen MR) is 95.5 cm³/mol. The summed E-state index contributed by atoms with van der Waals surface area (Å²) in [6, 6.07) is 9.30. The van der Waals surface area contributed by atoms with Crippen molar-refractivity contribution in [3.8, 4) is 17.2 Å². The molecular formula is C19H19ClFNO4. The molecule has 0 fully saturated rings. The zero-order valence-electron chi connectivity index (χ0n) is 14.3. The first-order valence-corrected chi connectivity index (χ1v) is 8.67. The summed E-state index contributed by atoms with van der Waals surface area (Å²) in [7, 11) is 0. The molecule has 0 bridgehead atoms. The SMILES string of the molecule is C[C@@H](NC(=O)COc1ccc(F)c(Cl)c1)c1ccc2c(c1)OCCCO2. The standard InChI is InChI=1S/C19H19ClFNO4/c1-12(13-3-6-17-18(9-13)25-8-2-7-24-17)22-19(23)11-26-14-4-5-16(21)15(20)10-14/h3-6,9-10,12H,2,7-8,11H2,1H3,(H,22,23)/t12-/m1/s1. The van der Waals surface area contributed by atoms with Crippen LogP contribution in [0.5, 0.6) is 17.2 Å². The molecule has 1 N–H and O–H groups in total. The number of benzene rings is 2. The van der Waals surface area contributed by atoms with Crippen LogP contribution in [0, 0.1) is 5.82 Å². The molecule has 0 aromatic heterocycles. The fourth-order valence-corrected chi connectivity index (χ4v) is 2.70. The number of ether oxygens (including phenoxy) is 3. The van der Waals surface area contributed by atoms with Crippen LogP contribution in [0.2, 0.25) is 5.02 Å². The van der Waals surface area contributed by atoms with Gasteiger partial charge in [0.05, 0.1) is 24.3 Å². The first kappa shape index (κ1) is 18.3. The van der Waals surface area contributed by atoms with Crippen molar-refractivity contribution in [1.29, 1.82) is 0 Å². The molecular weight excluding hydrogens is 361 g/mol. The maximum absolute atomic E-state index is 13.1. The summed E-state index contributed by atoms with van der Waals surface area (Å²) in [5.41, 5.74) is 0.896. The van der Waals surface area contributed by atoms with Gasteiger partial charge in [-0.05, 0) is 36.8 Å². The molecule has 1 aliphatic heterocycles. The van der Waals surface area contributed by atoms with Crippen molar-refractivity contribution in [3.05, 3.63) is 52.8 Å². The molecule has 0 radical (unpaired) electrons. The van der Waals surface area contributed by atoms with Crippen LogP contribution in [0.15, 0.2) is 36.4 Å². The molecule has 2 aromatic carbocycles. The predicted octanol–water partition coefficient (Wildman–Crippen LogP) is 3.90. The average Bonchev–Trinajstić information content (AvgIpc) is 2.87. The number of amides is 1. The first-order chi connectivity index (χ1) is 12.5. The quantitative estimate of drug-likeness (QED) is 0.856. The van der Waals surface area contributed by atoms with Crippen LogP contribution in [-0.2, 0) is 4.79 Å². The Balaban J connectivity index is 1.57. The Bertz CT molecular complexity index is 799. The molecule has 1 amide bonds. The summed E-state index contributed by atoms with van der Waals surface area (Å²) in [4.78, 5) is 12.1. The molecule has 0 saturated carbocycles. The third-order valence-electron chi connectivity index (χ3n) is 3.91. The van der Waals surface area contributed by atoms with Crippen molar-refractivity contribution in [2.75, 3.05) is 19.8 Å². The first-order valence-electron chi connectivity index (χ1n) is 8.29. The Kier molecular flexibility index (Phi) is 5.83. The monoisotopic (exact) mass is 379 g/mol. The minimum Gasteiger partial charge on any atom is -0.490 e. The van der Waals surface area contributed by atoms with E-state index in [1.807, 2.05) is 25.1 Å². The normalized spacial score (nSPS) is 14.3. The molecule has 1 aliphatic rings. The summed E-state index contributed by atoms with van der Waals surface area (Å²) in [6.07, 6.45) is 0.834. The fourth-order valence-electron chi connectivity index (χ4n) is 2.53. The Morgan fingerprint density at radius 3 is 2.77 bits per heavy atom. The molecule has 1 heterocycles. The van der Waals surface area contributed by atoms with E-state index < -0.39 is 5.82 Å². The minimum absolute atomic E-state index is 0.0523. The minimum atomic E-state index is -0.536. The zero-order valence-corrected chi connectivity index (χ0v) is 15.0. The van der Waals surface area contributed by atoms with E-state index in [-0.39, 0.29) is 23.6 Å². The Morgan fingerprint density at radius 2 is 2.00 bits per heavy atom. The van der Waals surface area contributed by atoms with Crippen molar-refractivity contribution < 1.29 is 23.4 Å². The van der Waals surface area contributed by atoms with Gasteiger partial charge in [-0.1, -0.05) is 17.7 Å². The Labute approximate surface area is 156 Å². The number of carbonyl (C=O) groups is 1. The number of fused-ring (bicyclic) bond motifs is 1. The van der Waals surface area contributed by atoms with E-state index >= 15 is 0 Å². The zero-order chi connectivity index (χ0) is 18.5.